The fourth-order valence-electron chi connectivity index (χ4n) is 3.31. The molecule has 2 heterocycles. The highest BCUT2D eigenvalue weighted by atomic mass is 35.5. The van der Waals surface area contributed by atoms with E-state index in [0.717, 1.165) is 22.0 Å². The highest BCUT2D eigenvalue weighted by Gasteiger charge is 2.55. The number of fused-ring (bicyclic) bond motifs is 1. The lowest BCUT2D eigenvalue weighted by atomic mass is 10.1. The summed E-state index contributed by atoms with van der Waals surface area (Å²) in [6.07, 6.45) is 0. The van der Waals surface area contributed by atoms with Crippen LogP contribution in [0.3, 0.4) is 0 Å². The molecule has 0 unspecified atom stereocenters. The Morgan fingerprint density at radius 2 is 1.93 bits per heavy atom. The molecule has 154 valence electrons. The summed E-state index contributed by atoms with van der Waals surface area (Å²) in [6.45, 7) is -0.323. The van der Waals surface area contributed by atoms with Crippen LogP contribution in [0.5, 0.6) is 5.75 Å². The number of hydrogen-bond donors (Lipinski definition) is 1. The van der Waals surface area contributed by atoms with Crippen molar-refractivity contribution in [2.45, 2.75) is 12.1 Å². The van der Waals surface area contributed by atoms with E-state index in [1.54, 1.807) is 12.1 Å². The first-order valence-corrected chi connectivity index (χ1v) is 9.21. The molecule has 2 aliphatic heterocycles. The predicted octanol–water partition coefficient (Wildman–Crippen LogP) is 2.42. The number of carbonyl (C=O) groups excluding carboxylic acids is 3. The second-order valence-corrected chi connectivity index (χ2v) is 7.01. The van der Waals surface area contributed by atoms with Gasteiger partial charge in [-0.3, -0.25) is 19.4 Å². The molecule has 0 aromatic heterocycles. The monoisotopic (exact) mass is 431 g/mol. The minimum Gasteiger partial charge on any atom is -0.495 e. The van der Waals surface area contributed by atoms with Crippen LogP contribution >= 0.6 is 11.6 Å². The Balaban J connectivity index is 1.49. The van der Waals surface area contributed by atoms with Gasteiger partial charge in [-0.1, -0.05) is 16.8 Å². The van der Waals surface area contributed by atoms with Crippen LogP contribution in [0.2, 0.25) is 5.02 Å². The van der Waals surface area contributed by atoms with E-state index in [4.69, 9.17) is 16.3 Å². The largest absolute Gasteiger partial charge is 0.495 e. The second kappa shape index (κ2) is 7.71. The number of amides is 3. The normalized spacial score (nSPS) is 20.0. The number of ether oxygens (including phenoxy) is 1. The molecule has 4 rings (SSSR count). The molecule has 1 N–H and O–H groups in total. The molecule has 2 aliphatic rings. The molecule has 2 aromatic carbocycles. The van der Waals surface area contributed by atoms with Crippen LogP contribution in [0.1, 0.15) is 0 Å². The number of nitrogens with zero attached hydrogens (tertiary/aromatic N) is 4. The number of imide groups is 1. The molecule has 1 fully saturated rings. The summed E-state index contributed by atoms with van der Waals surface area (Å²) in [5, 5.41) is 11.9. The van der Waals surface area contributed by atoms with Crippen LogP contribution in [-0.4, -0.2) is 48.5 Å². The van der Waals surface area contributed by atoms with Crippen LogP contribution in [0.4, 0.5) is 15.8 Å². The number of methoxy groups -OCH3 is 1. The fraction of sp³-hybridized carbons (Fsp3) is 0.211. The zero-order chi connectivity index (χ0) is 21.4. The second-order valence-electron chi connectivity index (χ2n) is 6.57. The van der Waals surface area contributed by atoms with Gasteiger partial charge in [-0.2, -0.15) is 5.11 Å². The maximum absolute atomic E-state index is 13.2. The number of carbonyl (C=O) groups is 3. The van der Waals surface area contributed by atoms with Crippen molar-refractivity contribution < 1.29 is 23.5 Å². The van der Waals surface area contributed by atoms with Gasteiger partial charge in [0.25, 0.3) is 11.8 Å². The maximum atomic E-state index is 13.2. The molecule has 11 heteroatoms. The third-order valence-corrected chi connectivity index (χ3v) is 4.92. The van der Waals surface area contributed by atoms with Crippen LogP contribution in [0.25, 0.3) is 0 Å². The van der Waals surface area contributed by atoms with E-state index in [1.165, 1.54) is 25.3 Å². The smallest absolute Gasteiger partial charge is 0.263 e. The highest BCUT2D eigenvalue weighted by Crippen LogP contribution is 2.32. The number of benzene rings is 2. The Labute approximate surface area is 175 Å². The van der Waals surface area contributed by atoms with E-state index in [2.05, 4.69) is 15.7 Å². The average molecular weight is 432 g/mol. The van der Waals surface area contributed by atoms with Crippen molar-refractivity contribution in [3.05, 3.63) is 53.3 Å². The Hall–Kier alpha value is -3.53. The minimum absolute atomic E-state index is 0.226. The number of hydrogen-bond acceptors (Lipinski definition) is 7. The van der Waals surface area contributed by atoms with Crippen molar-refractivity contribution in [1.29, 1.82) is 0 Å². The molecule has 0 radical (unpaired) electrons. The first-order chi connectivity index (χ1) is 14.4. The van der Waals surface area contributed by atoms with Gasteiger partial charge in [0.2, 0.25) is 5.91 Å². The van der Waals surface area contributed by atoms with Crippen molar-refractivity contribution in [1.82, 2.24) is 5.01 Å². The molecular weight excluding hydrogens is 417 g/mol. The Bertz CT molecular complexity index is 1060. The number of rotatable bonds is 5. The Morgan fingerprint density at radius 3 is 2.63 bits per heavy atom. The molecule has 0 saturated carbocycles. The molecule has 9 nitrogen and oxygen atoms in total. The molecule has 3 amide bonds. The van der Waals surface area contributed by atoms with Crippen LogP contribution < -0.4 is 15.0 Å². The molecule has 0 aliphatic carbocycles. The molecule has 0 spiro atoms. The van der Waals surface area contributed by atoms with E-state index < -0.39 is 35.6 Å². The van der Waals surface area contributed by atoms with E-state index in [9.17, 15) is 18.8 Å². The van der Waals surface area contributed by atoms with Gasteiger partial charge in [0.1, 0.15) is 18.1 Å². The van der Waals surface area contributed by atoms with Gasteiger partial charge < -0.3 is 10.1 Å². The zero-order valence-corrected chi connectivity index (χ0v) is 16.3. The minimum atomic E-state index is -1.06. The Morgan fingerprint density at radius 1 is 1.20 bits per heavy atom. The first-order valence-electron chi connectivity index (χ1n) is 8.83. The molecule has 2 aromatic rings. The van der Waals surface area contributed by atoms with Crippen molar-refractivity contribution in [3.63, 3.8) is 0 Å². The van der Waals surface area contributed by atoms with Gasteiger partial charge in [-0.15, -0.1) is 0 Å². The summed E-state index contributed by atoms with van der Waals surface area (Å²) in [6, 6.07) is 7.57. The molecule has 30 heavy (non-hydrogen) atoms. The van der Waals surface area contributed by atoms with E-state index in [-0.39, 0.29) is 12.2 Å². The van der Waals surface area contributed by atoms with Gasteiger partial charge in [0.05, 0.1) is 18.5 Å². The van der Waals surface area contributed by atoms with E-state index in [0.29, 0.717) is 16.5 Å². The lowest BCUT2D eigenvalue weighted by molar-refractivity contribution is -0.123. The molecule has 0 bridgehead atoms. The summed E-state index contributed by atoms with van der Waals surface area (Å²) < 4.78 is 18.4. The summed E-state index contributed by atoms with van der Waals surface area (Å²) in [5.41, 5.74) is 0.577. The standard InChI is InChI=1S/C19H15ClFN5O4/c1-30-14-7-2-10(20)8-13(14)22-15(27)9-25-17-16(23-24-25)18(28)26(19(17)29)12-5-3-11(21)4-6-12/h2-8,16-17H,9H2,1H3,(H,22,27)/t16-,17-/m0/s1. The average Bonchev–Trinajstić information content (AvgIpc) is 3.23. The Kier molecular flexibility index (Phi) is 5.08. The topological polar surface area (TPSA) is 104 Å². The van der Waals surface area contributed by atoms with Crippen molar-refractivity contribution in [3.8, 4) is 5.75 Å². The molecule has 1 saturated heterocycles. The van der Waals surface area contributed by atoms with Gasteiger partial charge in [-0.05, 0) is 42.5 Å². The van der Waals surface area contributed by atoms with E-state index >= 15 is 0 Å². The number of nitrogens with one attached hydrogen (secondary N) is 1. The van der Waals surface area contributed by atoms with Crippen LogP contribution in [-0.2, 0) is 14.4 Å². The van der Waals surface area contributed by atoms with Crippen molar-refractivity contribution in [2.24, 2.45) is 10.3 Å². The molecular formula is C19H15ClFN5O4. The third-order valence-electron chi connectivity index (χ3n) is 4.68. The summed E-state index contributed by atoms with van der Waals surface area (Å²) in [4.78, 5) is 38.9. The molecule has 2 atom stereocenters. The van der Waals surface area contributed by atoms with Crippen molar-refractivity contribution >= 4 is 40.7 Å². The zero-order valence-electron chi connectivity index (χ0n) is 15.6. The predicted molar refractivity (Wildman–Crippen MR) is 105 cm³/mol. The lowest BCUT2D eigenvalue weighted by Gasteiger charge is -2.20. The quantitative estimate of drug-likeness (QED) is 0.732. The summed E-state index contributed by atoms with van der Waals surface area (Å²) in [7, 11) is 1.45. The van der Waals surface area contributed by atoms with Crippen LogP contribution in [0.15, 0.2) is 52.8 Å². The van der Waals surface area contributed by atoms with Gasteiger partial charge in [0.15, 0.2) is 12.1 Å². The van der Waals surface area contributed by atoms with Gasteiger partial charge in [0, 0.05) is 5.02 Å². The lowest BCUT2D eigenvalue weighted by Crippen LogP contribution is -2.43. The number of halogens is 2. The summed E-state index contributed by atoms with van der Waals surface area (Å²) >= 11 is 5.96. The van der Waals surface area contributed by atoms with Gasteiger partial charge >= 0.3 is 0 Å². The van der Waals surface area contributed by atoms with Crippen molar-refractivity contribution in [2.75, 3.05) is 23.9 Å². The van der Waals surface area contributed by atoms with Crippen LogP contribution in [0, 0.1) is 5.82 Å². The third kappa shape index (κ3) is 3.45. The number of anilines is 2. The maximum Gasteiger partial charge on any atom is 0.263 e. The van der Waals surface area contributed by atoms with E-state index in [1.807, 2.05) is 0 Å². The van der Waals surface area contributed by atoms with Gasteiger partial charge in [-0.25, -0.2) is 9.29 Å². The SMILES string of the molecule is COc1ccc(Cl)cc1NC(=O)CN1N=N[C@@H]2C(=O)N(c3ccc(F)cc3)C(=O)[C@H]21. The fourth-order valence-corrected chi connectivity index (χ4v) is 3.49. The highest BCUT2D eigenvalue weighted by molar-refractivity contribution is 6.31. The first kappa shape index (κ1) is 19.8. The summed E-state index contributed by atoms with van der Waals surface area (Å²) in [5.74, 6) is -1.76.